The zero-order valence-electron chi connectivity index (χ0n) is 17.2. The second-order valence-electron chi connectivity index (χ2n) is 8.15. The summed E-state index contributed by atoms with van der Waals surface area (Å²) >= 11 is 1.85. The SMILES string of the molecule is CCNC(=NCC1(CCO)CCOC1)NCC1CCN(Cc2cccs2)CC1. The van der Waals surface area contributed by atoms with E-state index in [2.05, 4.69) is 40.0 Å². The lowest BCUT2D eigenvalue weighted by Gasteiger charge is -2.32. The van der Waals surface area contributed by atoms with Crippen LogP contribution in [0.1, 0.15) is 37.5 Å². The third kappa shape index (κ3) is 6.44. The van der Waals surface area contributed by atoms with Gasteiger partial charge in [0.15, 0.2) is 5.96 Å². The van der Waals surface area contributed by atoms with Crippen LogP contribution in [0.15, 0.2) is 22.5 Å². The van der Waals surface area contributed by atoms with Gasteiger partial charge < -0.3 is 20.5 Å². The van der Waals surface area contributed by atoms with Crippen molar-refractivity contribution in [3.63, 3.8) is 0 Å². The van der Waals surface area contributed by atoms with E-state index in [-0.39, 0.29) is 12.0 Å². The molecule has 0 aliphatic carbocycles. The van der Waals surface area contributed by atoms with Crippen LogP contribution in [0, 0.1) is 11.3 Å². The number of thiophene rings is 1. The lowest BCUT2D eigenvalue weighted by atomic mass is 9.84. The molecule has 0 bridgehead atoms. The standard InChI is InChI=1S/C21H36N4O2S/c1-2-22-20(24-16-21(7-11-26)8-12-27-17-21)23-14-18-5-9-25(10-6-18)15-19-4-3-13-28-19/h3-4,13,18,26H,2,5-12,14-17H2,1H3,(H2,22,23,24). The van der Waals surface area contributed by atoms with E-state index in [0.29, 0.717) is 19.1 Å². The Labute approximate surface area is 173 Å². The Hall–Kier alpha value is -1.15. The van der Waals surface area contributed by atoms with Gasteiger partial charge in [0.2, 0.25) is 0 Å². The minimum Gasteiger partial charge on any atom is -0.396 e. The molecule has 158 valence electrons. The first kappa shape index (κ1) is 21.6. The predicted octanol–water partition coefficient (Wildman–Crippen LogP) is 2.30. The van der Waals surface area contributed by atoms with E-state index in [1.165, 1.54) is 30.8 Å². The van der Waals surface area contributed by atoms with E-state index < -0.39 is 0 Å². The molecule has 2 aliphatic heterocycles. The fraction of sp³-hybridized carbons (Fsp3) is 0.762. The van der Waals surface area contributed by atoms with Crippen molar-refractivity contribution in [3.8, 4) is 0 Å². The summed E-state index contributed by atoms with van der Waals surface area (Å²) in [5.41, 5.74) is 0.00420. The number of ether oxygens (including phenoxy) is 1. The van der Waals surface area contributed by atoms with E-state index in [1.54, 1.807) is 0 Å². The lowest BCUT2D eigenvalue weighted by molar-refractivity contribution is 0.131. The van der Waals surface area contributed by atoms with Crippen molar-refractivity contribution in [1.82, 2.24) is 15.5 Å². The van der Waals surface area contributed by atoms with Crippen molar-refractivity contribution >= 4 is 17.3 Å². The number of nitrogens with zero attached hydrogens (tertiary/aromatic N) is 2. The zero-order chi connectivity index (χ0) is 19.7. The van der Waals surface area contributed by atoms with Crippen LogP contribution in [-0.4, -0.2) is 68.5 Å². The maximum Gasteiger partial charge on any atom is 0.191 e. The first-order chi connectivity index (χ1) is 13.7. The van der Waals surface area contributed by atoms with Crippen LogP contribution in [0.5, 0.6) is 0 Å². The molecule has 3 heterocycles. The summed E-state index contributed by atoms with van der Waals surface area (Å²) in [6.45, 7) is 9.78. The van der Waals surface area contributed by atoms with Gasteiger partial charge in [0.1, 0.15) is 0 Å². The lowest BCUT2D eigenvalue weighted by Crippen LogP contribution is -2.43. The zero-order valence-corrected chi connectivity index (χ0v) is 18.0. The molecule has 7 heteroatoms. The second-order valence-corrected chi connectivity index (χ2v) is 9.18. The molecule has 0 spiro atoms. The molecule has 0 amide bonds. The van der Waals surface area contributed by atoms with Gasteiger partial charge in [0.05, 0.1) is 13.2 Å². The average molecular weight is 409 g/mol. The molecule has 1 unspecified atom stereocenters. The monoisotopic (exact) mass is 408 g/mol. The van der Waals surface area contributed by atoms with Crippen molar-refractivity contribution < 1.29 is 9.84 Å². The van der Waals surface area contributed by atoms with Crippen molar-refractivity contribution in [2.45, 2.75) is 39.2 Å². The van der Waals surface area contributed by atoms with Gasteiger partial charge in [-0.15, -0.1) is 11.3 Å². The molecular weight excluding hydrogens is 372 g/mol. The normalized spacial score (nSPS) is 24.6. The summed E-state index contributed by atoms with van der Waals surface area (Å²) in [5.74, 6) is 1.59. The largest absolute Gasteiger partial charge is 0.396 e. The minimum atomic E-state index is 0.00420. The predicted molar refractivity (Wildman–Crippen MR) is 116 cm³/mol. The van der Waals surface area contributed by atoms with Gasteiger partial charge in [0, 0.05) is 43.1 Å². The highest BCUT2D eigenvalue weighted by atomic mass is 32.1. The van der Waals surface area contributed by atoms with Crippen LogP contribution in [0.25, 0.3) is 0 Å². The van der Waals surface area contributed by atoms with Gasteiger partial charge in [-0.05, 0) is 63.1 Å². The van der Waals surface area contributed by atoms with Crippen LogP contribution in [0.2, 0.25) is 0 Å². The van der Waals surface area contributed by atoms with E-state index in [0.717, 1.165) is 45.0 Å². The molecule has 6 nitrogen and oxygen atoms in total. The maximum absolute atomic E-state index is 9.40. The van der Waals surface area contributed by atoms with Gasteiger partial charge in [-0.25, -0.2) is 0 Å². The summed E-state index contributed by atoms with van der Waals surface area (Å²) < 4.78 is 5.58. The molecule has 28 heavy (non-hydrogen) atoms. The second kappa shape index (κ2) is 11.1. The number of rotatable bonds is 9. The van der Waals surface area contributed by atoms with Crippen molar-refractivity contribution in [3.05, 3.63) is 22.4 Å². The Kier molecular flexibility index (Phi) is 8.58. The number of nitrogens with one attached hydrogen (secondary N) is 2. The number of hydrogen-bond acceptors (Lipinski definition) is 5. The van der Waals surface area contributed by atoms with E-state index >= 15 is 0 Å². The third-order valence-electron chi connectivity index (χ3n) is 5.97. The van der Waals surface area contributed by atoms with Crippen molar-refractivity contribution in [1.29, 1.82) is 0 Å². The van der Waals surface area contributed by atoms with E-state index in [4.69, 9.17) is 9.73 Å². The summed E-state index contributed by atoms with van der Waals surface area (Å²) in [5, 5.41) is 18.5. The fourth-order valence-corrected chi connectivity index (χ4v) is 4.83. The summed E-state index contributed by atoms with van der Waals surface area (Å²) in [6.07, 6.45) is 4.22. The smallest absolute Gasteiger partial charge is 0.191 e. The Morgan fingerprint density at radius 3 is 2.89 bits per heavy atom. The van der Waals surface area contributed by atoms with Crippen LogP contribution in [0.3, 0.4) is 0 Å². The van der Waals surface area contributed by atoms with E-state index in [1.807, 2.05) is 11.3 Å². The van der Waals surface area contributed by atoms with Crippen molar-refractivity contribution in [2.24, 2.45) is 16.3 Å². The molecule has 0 aromatic carbocycles. The molecule has 3 rings (SSSR count). The third-order valence-corrected chi connectivity index (χ3v) is 6.83. The Morgan fingerprint density at radius 1 is 1.39 bits per heavy atom. The van der Waals surface area contributed by atoms with Gasteiger partial charge in [-0.1, -0.05) is 6.07 Å². The molecule has 0 radical (unpaired) electrons. The summed E-state index contributed by atoms with van der Waals surface area (Å²) in [4.78, 5) is 8.86. The first-order valence-electron chi connectivity index (χ1n) is 10.7. The average Bonchev–Trinajstić information content (AvgIpc) is 3.38. The number of guanidine groups is 1. The van der Waals surface area contributed by atoms with Gasteiger partial charge >= 0.3 is 0 Å². The molecule has 3 N–H and O–H groups in total. The van der Waals surface area contributed by atoms with Gasteiger partial charge in [-0.3, -0.25) is 9.89 Å². The highest BCUT2D eigenvalue weighted by Crippen LogP contribution is 2.32. The number of aliphatic hydroxyl groups excluding tert-OH is 1. The van der Waals surface area contributed by atoms with Crippen molar-refractivity contribution in [2.75, 3.05) is 52.5 Å². The Bertz CT molecular complexity index is 579. The topological polar surface area (TPSA) is 69.1 Å². The molecule has 2 fully saturated rings. The van der Waals surface area contributed by atoms with Gasteiger partial charge in [-0.2, -0.15) is 0 Å². The number of aliphatic imine (C=N–C) groups is 1. The number of likely N-dealkylation sites (tertiary alicyclic amines) is 1. The van der Waals surface area contributed by atoms with E-state index in [9.17, 15) is 5.11 Å². The fourth-order valence-electron chi connectivity index (χ4n) is 4.09. The van der Waals surface area contributed by atoms with Crippen LogP contribution < -0.4 is 10.6 Å². The van der Waals surface area contributed by atoms with Crippen LogP contribution in [0.4, 0.5) is 0 Å². The molecule has 2 saturated heterocycles. The minimum absolute atomic E-state index is 0.00420. The summed E-state index contributed by atoms with van der Waals surface area (Å²) in [6, 6.07) is 4.37. The maximum atomic E-state index is 9.40. The number of aliphatic hydroxyl groups is 1. The molecule has 1 aromatic heterocycles. The first-order valence-corrected chi connectivity index (χ1v) is 11.6. The molecule has 0 saturated carbocycles. The molecule has 1 aromatic rings. The quantitative estimate of drug-likeness (QED) is 0.432. The van der Waals surface area contributed by atoms with Gasteiger partial charge in [0.25, 0.3) is 0 Å². The Balaban J connectivity index is 1.43. The number of piperidine rings is 1. The Morgan fingerprint density at radius 2 is 2.25 bits per heavy atom. The summed E-state index contributed by atoms with van der Waals surface area (Å²) in [7, 11) is 0. The highest BCUT2D eigenvalue weighted by molar-refractivity contribution is 7.09. The molecule has 1 atom stereocenters. The van der Waals surface area contributed by atoms with Crippen LogP contribution in [-0.2, 0) is 11.3 Å². The number of hydrogen-bond donors (Lipinski definition) is 3. The van der Waals surface area contributed by atoms with Crippen LogP contribution >= 0.6 is 11.3 Å². The molecular formula is C21H36N4O2S. The molecule has 2 aliphatic rings. The highest BCUT2D eigenvalue weighted by Gasteiger charge is 2.34.